The molecule has 0 rings (SSSR count). The summed E-state index contributed by atoms with van der Waals surface area (Å²) in [5, 5.41) is 8.88. The number of carbonyl (C=O) groups excluding carboxylic acids is 2. The lowest BCUT2D eigenvalue weighted by Gasteiger charge is -2.20. The summed E-state index contributed by atoms with van der Waals surface area (Å²) in [5.41, 5.74) is 5.32. The van der Waals surface area contributed by atoms with Crippen LogP contribution in [-0.4, -0.2) is 59.9 Å². The van der Waals surface area contributed by atoms with Gasteiger partial charge in [-0.3, -0.25) is 23.4 Å². The zero-order chi connectivity index (χ0) is 41.4. The Bertz CT molecular complexity index is 1230. The van der Waals surface area contributed by atoms with Crippen molar-refractivity contribution in [2.24, 2.45) is 5.73 Å². The smallest absolute Gasteiger partial charge is 0.472 e. The molecule has 0 bridgehead atoms. The van der Waals surface area contributed by atoms with Gasteiger partial charge in [0.2, 0.25) is 0 Å². The number of allylic oxidation sites excluding steroid dienone is 12. The van der Waals surface area contributed by atoms with Gasteiger partial charge in [0.25, 0.3) is 0 Å². The fourth-order valence-corrected chi connectivity index (χ4v) is 5.93. The van der Waals surface area contributed by atoms with Crippen molar-refractivity contribution >= 4 is 25.7 Å². The van der Waals surface area contributed by atoms with Crippen molar-refractivity contribution in [2.75, 3.05) is 19.8 Å². The van der Waals surface area contributed by atoms with Gasteiger partial charge < -0.3 is 25.2 Å². The van der Waals surface area contributed by atoms with E-state index in [2.05, 4.69) is 79.1 Å². The molecule has 0 radical (unpaired) electrons. The number of rotatable bonds is 38. The Hall–Kier alpha value is -3.08. The second-order valence-electron chi connectivity index (χ2n) is 13.7. The van der Waals surface area contributed by atoms with Crippen LogP contribution < -0.4 is 5.73 Å². The lowest BCUT2D eigenvalue weighted by atomic mass is 10.1. The molecule has 0 aliphatic carbocycles. The van der Waals surface area contributed by atoms with Gasteiger partial charge in [0, 0.05) is 12.8 Å². The van der Waals surface area contributed by atoms with E-state index in [0.717, 1.165) is 64.2 Å². The third-order valence-corrected chi connectivity index (χ3v) is 9.39. The maximum atomic E-state index is 12.6. The van der Waals surface area contributed by atoms with Crippen LogP contribution in [-0.2, 0) is 37.5 Å². The number of ether oxygens (including phenoxy) is 2. The maximum Gasteiger partial charge on any atom is 0.472 e. The summed E-state index contributed by atoms with van der Waals surface area (Å²) in [4.78, 5) is 45.9. The SMILES string of the molecule is CC/C=C/C/C=C/C/C=C/C/C=C/C/C=C/CCCC(=O)OC[C@H](COP(=O)(O)OC[C@H](N)C(=O)O)OC(=O)CCCCCCCCC/C=C/CCCCCC. The van der Waals surface area contributed by atoms with E-state index < -0.39 is 51.1 Å². The standard InChI is InChI=1S/C44H74NO10P/c1-3-5-7-9-11-13-15-17-19-20-22-23-25-27-29-31-33-35-42(46)52-37-40(38-53-56(50,51)54-39-41(45)44(48)49)55-43(47)36-34-32-30-28-26-24-21-18-16-14-12-10-8-6-4-2/h5,7,11,13-14,16-17,19,22-23,27,29,40-41H,3-4,6,8-10,12,15,18,20-21,24-26,28,30-39,45H2,1-2H3,(H,48,49)(H,50,51)/b7-5+,13-11+,16-14+,19-17+,23-22+,29-27+/t40-,41+/m1/s1. The number of phosphoric ester groups is 1. The van der Waals surface area contributed by atoms with Gasteiger partial charge in [-0.1, -0.05) is 138 Å². The maximum absolute atomic E-state index is 12.6. The normalized spacial score (nSPS) is 14.5. The van der Waals surface area contributed by atoms with Crippen molar-refractivity contribution in [1.29, 1.82) is 0 Å². The average molecular weight is 808 g/mol. The molecule has 0 amide bonds. The zero-order valence-corrected chi connectivity index (χ0v) is 35.3. The largest absolute Gasteiger partial charge is 0.480 e. The minimum absolute atomic E-state index is 0.139. The number of carbonyl (C=O) groups is 3. The van der Waals surface area contributed by atoms with E-state index in [1.807, 2.05) is 12.2 Å². The van der Waals surface area contributed by atoms with Gasteiger partial charge in [-0.05, 0) is 77.0 Å². The minimum Gasteiger partial charge on any atom is -0.480 e. The van der Waals surface area contributed by atoms with Crippen LogP contribution in [0.3, 0.4) is 0 Å². The number of esters is 2. The summed E-state index contributed by atoms with van der Waals surface area (Å²) in [6.07, 6.45) is 45.4. The highest BCUT2D eigenvalue weighted by Crippen LogP contribution is 2.43. The first-order chi connectivity index (χ1) is 27.1. The van der Waals surface area contributed by atoms with Crippen molar-refractivity contribution in [3.8, 4) is 0 Å². The Morgan fingerprint density at radius 1 is 0.571 bits per heavy atom. The fraction of sp³-hybridized carbons (Fsp3) is 0.659. The molecule has 4 N–H and O–H groups in total. The van der Waals surface area contributed by atoms with E-state index in [1.54, 1.807) is 0 Å². The van der Waals surface area contributed by atoms with E-state index >= 15 is 0 Å². The third kappa shape index (κ3) is 37.8. The Balaban J connectivity index is 4.50. The van der Waals surface area contributed by atoms with E-state index in [-0.39, 0.29) is 19.4 Å². The van der Waals surface area contributed by atoms with Crippen LogP contribution in [0.1, 0.15) is 155 Å². The predicted octanol–water partition coefficient (Wildman–Crippen LogP) is 10.9. The number of nitrogens with two attached hydrogens (primary N) is 1. The predicted molar refractivity (Wildman–Crippen MR) is 226 cm³/mol. The van der Waals surface area contributed by atoms with Crippen LogP contribution >= 0.6 is 7.82 Å². The molecule has 0 fully saturated rings. The molecule has 56 heavy (non-hydrogen) atoms. The molecule has 320 valence electrons. The highest BCUT2D eigenvalue weighted by atomic mass is 31.2. The molecular weight excluding hydrogens is 733 g/mol. The van der Waals surface area contributed by atoms with Crippen molar-refractivity contribution in [1.82, 2.24) is 0 Å². The van der Waals surface area contributed by atoms with Crippen molar-refractivity contribution in [3.05, 3.63) is 72.9 Å². The number of aliphatic carboxylic acids is 1. The van der Waals surface area contributed by atoms with Crippen molar-refractivity contribution in [3.63, 3.8) is 0 Å². The minimum atomic E-state index is -4.73. The van der Waals surface area contributed by atoms with Crippen molar-refractivity contribution < 1.29 is 47.5 Å². The Morgan fingerprint density at radius 3 is 1.57 bits per heavy atom. The molecule has 3 atom stereocenters. The Kier molecular flexibility index (Phi) is 36.6. The van der Waals surface area contributed by atoms with Gasteiger partial charge in [0.15, 0.2) is 6.10 Å². The molecule has 0 heterocycles. The first-order valence-corrected chi connectivity index (χ1v) is 22.5. The first-order valence-electron chi connectivity index (χ1n) is 21.0. The fourth-order valence-electron chi connectivity index (χ4n) is 5.15. The van der Waals surface area contributed by atoms with Gasteiger partial charge in [0.1, 0.15) is 12.6 Å². The van der Waals surface area contributed by atoms with Crippen LogP contribution in [0.25, 0.3) is 0 Å². The quantitative estimate of drug-likeness (QED) is 0.0235. The molecule has 0 aromatic carbocycles. The first kappa shape index (κ1) is 52.9. The van der Waals surface area contributed by atoms with E-state index in [0.29, 0.717) is 19.3 Å². The van der Waals surface area contributed by atoms with Gasteiger partial charge in [0.05, 0.1) is 13.2 Å². The number of hydrogen-bond donors (Lipinski definition) is 3. The second kappa shape index (κ2) is 38.8. The summed E-state index contributed by atoms with van der Waals surface area (Å²) in [5.74, 6) is -2.47. The molecule has 12 heteroatoms. The molecule has 0 aromatic heterocycles. The molecule has 1 unspecified atom stereocenters. The summed E-state index contributed by atoms with van der Waals surface area (Å²) in [6, 6.07) is -1.53. The molecule has 11 nitrogen and oxygen atoms in total. The number of phosphoric acid groups is 1. The zero-order valence-electron chi connectivity index (χ0n) is 34.4. The van der Waals surface area contributed by atoms with Gasteiger partial charge in [-0.15, -0.1) is 0 Å². The highest BCUT2D eigenvalue weighted by molar-refractivity contribution is 7.47. The molecule has 0 saturated carbocycles. The number of unbranched alkanes of at least 4 members (excludes halogenated alkanes) is 12. The molecule has 0 aliphatic rings. The summed E-state index contributed by atoms with van der Waals surface area (Å²) in [6.45, 7) is 2.60. The summed E-state index contributed by atoms with van der Waals surface area (Å²) in [7, 11) is -4.73. The molecule has 0 aliphatic heterocycles. The molecular formula is C44H74NO10P. The summed E-state index contributed by atoms with van der Waals surface area (Å²) >= 11 is 0. The van der Waals surface area contributed by atoms with Gasteiger partial charge >= 0.3 is 25.7 Å². The summed E-state index contributed by atoms with van der Waals surface area (Å²) < 4.78 is 32.6. The van der Waals surface area contributed by atoms with E-state index in [1.165, 1.54) is 44.9 Å². The second-order valence-corrected chi connectivity index (χ2v) is 15.2. The lowest BCUT2D eigenvalue weighted by molar-refractivity contribution is -0.161. The highest BCUT2D eigenvalue weighted by Gasteiger charge is 2.28. The number of carboxylic acid groups (broad SMARTS) is 1. The van der Waals surface area contributed by atoms with Crippen LogP contribution in [0, 0.1) is 0 Å². The Morgan fingerprint density at radius 2 is 1.02 bits per heavy atom. The van der Waals surface area contributed by atoms with E-state index in [4.69, 9.17) is 24.8 Å². The topological polar surface area (TPSA) is 172 Å². The number of hydrogen-bond acceptors (Lipinski definition) is 9. The van der Waals surface area contributed by atoms with Crippen LogP contribution in [0.15, 0.2) is 72.9 Å². The molecule has 0 spiro atoms. The average Bonchev–Trinajstić information content (AvgIpc) is 3.17. The van der Waals surface area contributed by atoms with E-state index in [9.17, 15) is 23.8 Å². The van der Waals surface area contributed by atoms with Gasteiger partial charge in [-0.25, -0.2) is 4.57 Å². The third-order valence-electron chi connectivity index (χ3n) is 8.44. The van der Waals surface area contributed by atoms with Crippen molar-refractivity contribution in [2.45, 2.75) is 167 Å². The molecule has 0 aromatic rings. The van der Waals surface area contributed by atoms with Crippen LogP contribution in [0.5, 0.6) is 0 Å². The Labute approximate surface area is 338 Å². The van der Waals surface area contributed by atoms with Crippen LogP contribution in [0.2, 0.25) is 0 Å². The van der Waals surface area contributed by atoms with Gasteiger partial charge in [-0.2, -0.15) is 0 Å². The lowest BCUT2D eigenvalue weighted by Crippen LogP contribution is -2.34. The monoisotopic (exact) mass is 808 g/mol. The molecule has 0 saturated heterocycles. The number of carboxylic acids is 1. The van der Waals surface area contributed by atoms with Crippen LogP contribution in [0.4, 0.5) is 0 Å².